The monoisotopic (exact) mass is 442 g/mol. The molecule has 0 saturated carbocycles. The molecule has 0 spiro atoms. The van der Waals surface area contributed by atoms with Crippen molar-refractivity contribution in [1.29, 1.82) is 0 Å². The largest absolute Gasteiger partial charge is 0.486 e. The maximum Gasteiger partial charge on any atom is 0.258 e. The average Bonchev–Trinajstić information content (AvgIpc) is 2.70. The predicted molar refractivity (Wildman–Crippen MR) is 108 cm³/mol. The summed E-state index contributed by atoms with van der Waals surface area (Å²) < 4.78 is 11.9. The molecule has 2 aromatic carbocycles. The van der Waals surface area contributed by atoms with Crippen LogP contribution in [0.2, 0.25) is 0 Å². The molecule has 0 aliphatic carbocycles. The molecular formula is C20H15BrN2O3S. The molecule has 1 aromatic heterocycles. The molecule has 4 rings (SSSR count). The van der Waals surface area contributed by atoms with Gasteiger partial charge in [0.1, 0.15) is 18.2 Å². The summed E-state index contributed by atoms with van der Waals surface area (Å²) in [7, 11) is 0. The quantitative estimate of drug-likeness (QED) is 0.614. The second kappa shape index (κ2) is 8.02. The van der Waals surface area contributed by atoms with Crippen LogP contribution in [0.3, 0.4) is 0 Å². The zero-order chi connectivity index (χ0) is 18.6. The second-order valence-electron chi connectivity index (χ2n) is 5.70. The number of fused-ring (bicyclic) bond motifs is 1. The highest BCUT2D eigenvalue weighted by molar-refractivity contribution is 9.10. The Morgan fingerprint density at radius 3 is 2.56 bits per heavy atom. The first-order chi connectivity index (χ1) is 13.2. The van der Waals surface area contributed by atoms with Gasteiger partial charge in [-0.05, 0) is 40.2 Å². The molecule has 3 aromatic rings. The minimum Gasteiger partial charge on any atom is -0.486 e. The first-order valence-electron chi connectivity index (χ1n) is 8.29. The molecule has 2 heterocycles. The molecule has 27 heavy (non-hydrogen) atoms. The number of pyridine rings is 1. The predicted octanol–water partition coefficient (Wildman–Crippen LogP) is 5.02. The summed E-state index contributed by atoms with van der Waals surface area (Å²) in [6, 6.07) is 16.9. The smallest absolute Gasteiger partial charge is 0.258 e. The van der Waals surface area contributed by atoms with Gasteiger partial charge in [-0.2, -0.15) is 0 Å². The third-order valence-electron chi connectivity index (χ3n) is 3.85. The third kappa shape index (κ3) is 4.09. The fraction of sp³-hybridized carbons (Fsp3) is 0.100. The average molecular weight is 443 g/mol. The number of carbonyl (C=O) groups excluding carboxylic acids is 1. The van der Waals surface area contributed by atoms with E-state index < -0.39 is 0 Å². The van der Waals surface area contributed by atoms with Crippen LogP contribution >= 0.6 is 27.7 Å². The van der Waals surface area contributed by atoms with E-state index in [1.54, 1.807) is 30.5 Å². The molecule has 5 nitrogen and oxygen atoms in total. The zero-order valence-electron chi connectivity index (χ0n) is 14.1. The SMILES string of the molecule is O=C(Nc1cc2c(cc1Br)OCCO2)c1cccnc1Sc1ccccc1. The Bertz CT molecular complexity index is 982. The molecular weight excluding hydrogens is 428 g/mol. The van der Waals surface area contributed by atoms with Crippen LogP contribution in [0, 0.1) is 0 Å². The van der Waals surface area contributed by atoms with Crippen LogP contribution in [-0.4, -0.2) is 24.1 Å². The molecule has 1 amide bonds. The number of benzene rings is 2. The highest BCUT2D eigenvalue weighted by Gasteiger charge is 2.18. The van der Waals surface area contributed by atoms with E-state index in [2.05, 4.69) is 26.2 Å². The first-order valence-corrected chi connectivity index (χ1v) is 9.90. The molecule has 1 aliphatic heterocycles. The third-order valence-corrected chi connectivity index (χ3v) is 5.54. The van der Waals surface area contributed by atoms with E-state index in [-0.39, 0.29) is 5.91 Å². The van der Waals surface area contributed by atoms with Crippen LogP contribution in [0.4, 0.5) is 5.69 Å². The minimum absolute atomic E-state index is 0.237. The van der Waals surface area contributed by atoms with Crippen molar-refractivity contribution in [2.75, 3.05) is 18.5 Å². The van der Waals surface area contributed by atoms with Crippen LogP contribution in [0.15, 0.2) is 75.2 Å². The van der Waals surface area contributed by atoms with Crippen LogP contribution < -0.4 is 14.8 Å². The molecule has 0 bridgehead atoms. The molecule has 7 heteroatoms. The summed E-state index contributed by atoms with van der Waals surface area (Å²) in [5.74, 6) is 1.04. The minimum atomic E-state index is -0.237. The van der Waals surface area contributed by atoms with Gasteiger partial charge in [-0.1, -0.05) is 30.0 Å². The van der Waals surface area contributed by atoms with E-state index >= 15 is 0 Å². The lowest BCUT2D eigenvalue weighted by Crippen LogP contribution is -2.17. The van der Waals surface area contributed by atoms with Crippen molar-refractivity contribution in [1.82, 2.24) is 4.98 Å². The maximum atomic E-state index is 12.9. The number of anilines is 1. The summed E-state index contributed by atoms with van der Waals surface area (Å²) in [6.45, 7) is 1.00. The number of nitrogens with zero attached hydrogens (tertiary/aromatic N) is 1. The molecule has 0 radical (unpaired) electrons. The van der Waals surface area contributed by atoms with Gasteiger partial charge in [-0.25, -0.2) is 4.98 Å². The number of rotatable bonds is 4. The first kappa shape index (κ1) is 17.9. The molecule has 1 N–H and O–H groups in total. The van der Waals surface area contributed by atoms with Gasteiger partial charge in [-0.3, -0.25) is 4.79 Å². The fourth-order valence-electron chi connectivity index (χ4n) is 2.59. The van der Waals surface area contributed by atoms with Gasteiger partial charge >= 0.3 is 0 Å². The summed E-state index contributed by atoms with van der Waals surface area (Å²) in [4.78, 5) is 18.3. The lowest BCUT2D eigenvalue weighted by molar-refractivity contribution is 0.102. The van der Waals surface area contributed by atoms with Crippen molar-refractivity contribution in [2.24, 2.45) is 0 Å². The highest BCUT2D eigenvalue weighted by Crippen LogP contribution is 2.38. The van der Waals surface area contributed by atoms with E-state index in [0.29, 0.717) is 41.0 Å². The van der Waals surface area contributed by atoms with Crippen LogP contribution in [-0.2, 0) is 0 Å². The zero-order valence-corrected chi connectivity index (χ0v) is 16.5. The lowest BCUT2D eigenvalue weighted by Gasteiger charge is -2.20. The Kier molecular flexibility index (Phi) is 5.31. The van der Waals surface area contributed by atoms with Gasteiger partial charge in [-0.15, -0.1) is 0 Å². The summed E-state index contributed by atoms with van der Waals surface area (Å²) in [5, 5.41) is 3.58. The van der Waals surface area contributed by atoms with Crippen molar-refractivity contribution < 1.29 is 14.3 Å². The van der Waals surface area contributed by atoms with Crippen molar-refractivity contribution in [3.8, 4) is 11.5 Å². The fourth-order valence-corrected chi connectivity index (χ4v) is 3.92. The summed E-state index contributed by atoms with van der Waals surface area (Å²) in [5.41, 5.74) is 1.12. The van der Waals surface area contributed by atoms with E-state index in [0.717, 1.165) is 9.37 Å². The Labute approximate surface area is 169 Å². The number of ether oxygens (including phenoxy) is 2. The van der Waals surface area contributed by atoms with Gasteiger partial charge in [0.15, 0.2) is 11.5 Å². The van der Waals surface area contributed by atoms with E-state index in [1.165, 1.54) is 11.8 Å². The van der Waals surface area contributed by atoms with Crippen molar-refractivity contribution in [2.45, 2.75) is 9.92 Å². The van der Waals surface area contributed by atoms with Crippen molar-refractivity contribution >= 4 is 39.3 Å². The van der Waals surface area contributed by atoms with Crippen LogP contribution in [0.1, 0.15) is 10.4 Å². The summed E-state index contributed by atoms with van der Waals surface area (Å²) in [6.07, 6.45) is 1.68. The van der Waals surface area contributed by atoms with Crippen LogP contribution in [0.25, 0.3) is 0 Å². The van der Waals surface area contributed by atoms with Gasteiger partial charge in [0, 0.05) is 27.7 Å². The topological polar surface area (TPSA) is 60.5 Å². The standard InChI is InChI=1S/C20H15BrN2O3S/c21-15-11-17-18(26-10-9-25-17)12-16(15)23-19(24)14-7-4-8-22-20(14)27-13-5-2-1-3-6-13/h1-8,11-12H,9-10H2,(H,23,24). The normalized spacial score (nSPS) is 12.5. The maximum absolute atomic E-state index is 12.9. The van der Waals surface area contributed by atoms with Crippen molar-refractivity contribution in [3.63, 3.8) is 0 Å². The van der Waals surface area contributed by atoms with E-state index in [9.17, 15) is 4.79 Å². The van der Waals surface area contributed by atoms with Gasteiger partial charge in [0.25, 0.3) is 5.91 Å². The Morgan fingerprint density at radius 2 is 1.78 bits per heavy atom. The molecule has 0 unspecified atom stereocenters. The van der Waals surface area contributed by atoms with Gasteiger partial charge in [0.05, 0.1) is 11.3 Å². The highest BCUT2D eigenvalue weighted by atomic mass is 79.9. The number of carbonyl (C=O) groups is 1. The van der Waals surface area contributed by atoms with Gasteiger partial charge < -0.3 is 14.8 Å². The van der Waals surface area contributed by atoms with Gasteiger partial charge in [0.2, 0.25) is 0 Å². The number of nitrogens with one attached hydrogen (secondary N) is 1. The number of hydrogen-bond donors (Lipinski definition) is 1. The molecule has 0 atom stereocenters. The molecule has 1 aliphatic rings. The Balaban J connectivity index is 1.59. The van der Waals surface area contributed by atoms with E-state index in [1.807, 2.05) is 30.3 Å². The molecule has 136 valence electrons. The number of amides is 1. The van der Waals surface area contributed by atoms with Crippen molar-refractivity contribution in [3.05, 3.63) is 70.8 Å². The van der Waals surface area contributed by atoms with Crippen LogP contribution in [0.5, 0.6) is 11.5 Å². The Hall–Kier alpha value is -2.51. The van der Waals surface area contributed by atoms with E-state index in [4.69, 9.17) is 9.47 Å². The number of hydrogen-bond acceptors (Lipinski definition) is 5. The summed E-state index contributed by atoms with van der Waals surface area (Å²) >= 11 is 4.93. The molecule has 0 fully saturated rings. The molecule has 0 saturated heterocycles. The lowest BCUT2D eigenvalue weighted by atomic mass is 10.2. The Morgan fingerprint density at radius 1 is 1.04 bits per heavy atom. The second-order valence-corrected chi connectivity index (χ2v) is 7.62. The number of aromatic nitrogens is 1. The number of halogens is 1.